The third-order valence-electron chi connectivity index (χ3n) is 4.03. The Balaban J connectivity index is 2.29. The van der Waals surface area contributed by atoms with E-state index in [1.54, 1.807) is 24.0 Å². The van der Waals surface area contributed by atoms with E-state index in [1.165, 1.54) is 6.08 Å². The first-order chi connectivity index (χ1) is 12.3. The van der Waals surface area contributed by atoms with E-state index in [9.17, 15) is 10.1 Å². The lowest BCUT2D eigenvalue weighted by Gasteiger charge is -2.31. The number of hydrogen-bond acceptors (Lipinski definition) is 6. The molecule has 3 heterocycles. The van der Waals surface area contributed by atoms with Crippen LogP contribution in [-0.2, 0) is 0 Å². The number of anilines is 2. The Morgan fingerprint density at radius 1 is 1.38 bits per heavy atom. The fourth-order valence-electron chi connectivity index (χ4n) is 2.86. The van der Waals surface area contributed by atoms with Crippen LogP contribution in [0, 0.1) is 10.1 Å². The maximum absolute atomic E-state index is 11.5. The highest BCUT2D eigenvalue weighted by molar-refractivity contribution is 7.98. The van der Waals surface area contributed by atoms with E-state index in [0.29, 0.717) is 11.4 Å². The molecule has 1 aliphatic heterocycles. The summed E-state index contributed by atoms with van der Waals surface area (Å²) < 4.78 is 0. The van der Waals surface area contributed by atoms with Crippen molar-refractivity contribution in [2.24, 2.45) is 0 Å². The summed E-state index contributed by atoms with van der Waals surface area (Å²) in [5.41, 5.74) is 2.28. The second kappa shape index (κ2) is 7.42. The predicted octanol–water partition coefficient (Wildman–Crippen LogP) is 5.40. The Morgan fingerprint density at radius 3 is 2.73 bits per heavy atom. The van der Waals surface area contributed by atoms with Crippen LogP contribution in [0.4, 0.5) is 11.5 Å². The highest BCUT2D eigenvalue weighted by atomic mass is 35.5. The second-order valence-electron chi connectivity index (χ2n) is 6.05. The molecule has 0 N–H and O–H groups in total. The van der Waals surface area contributed by atoms with E-state index in [1.807, 2.05) is 31.1 Å². The highest BCUT2D eigenvalue weighted by Gasteiger charge is 2.31. The Labute approximate surface area is 165 Å². The van der Waals surface area contributed by atoms with Crippen molar-refractivity contribution < 1.29 is 4.92 Å². The molecule has 2 aromatic heterocycles. The number of halogens is 2. The summed E-state index contributed by atoms with van der Waals surface area (Å²) in [4.78, 5) is 22.8. The molecule has 0 saturated carbocycles. The van der Waals surface area contributed by atoms with Gasteiger partial charge in [0, 0.05) is 22.7 Å². The molecule has 0 aliphatic carbocycles. The number of nitro groups is 1. The molecule has 0 radical (unpaired) electrons. The molecule has 0 saturated heterocycles. The topological polar surface area (TPSA) is 72.2 Å². The van der Waals surface area contributed by atoms with Crippen LogP contribution in [0.15, 0.2) is 28.9 Å². The molecule has 0 bridgehead atoms. The van der Waals surface area contributed by atoms with Gasteiger partial charge in [0.05, 0.1) is 21.3 Å². The number of hydrogen-bond donors (Lipinski definition) is 0. The minimum Gasteiger partial charge on any atom is -0.312 e. The molecule has 0 amide bonds. The Morgan fingerprint density at radius 2 is 2.12 bits per heavy atom. The van der Waals surface area contributed by atoms with Gasteiger partial charge >= 0.3 is 0 Å². The first kappa shape index (κ1) is 18.9. The van der Waals surface area contributed by atoms with Crippen molar-refractivity contribution in [3.05, 3.63) is 55.6 Å². The van der Waals surface area contributed by atoms with Crippen molar-refractivity contribution in [2.45, 2.75) is 24.7 Å². The molecule has 2 aromatic rings. The summed E-state index contributed by atoms with van der Waals surface area (Å²) >= 11 is 13.8. The van der Waals surface area contributed by atoms with Gasteiger partial charge in [-0.2, -0.15) is 0 Å². The normalized spacial score (nSPS) is 13.6. The van der Waals surface area contributed by atoms with Gasteiger partial charge in [-0.1, -0.05) is 37.0 Å². The average molecular weight is 411 g/mol. The van der Waals surface area contributed by atoms with Crippen LogP contribution >= 0.6 is 35.0 Å². The summed E-state index contributed by atoms with van der Waals surface area (Å²) in [5, 5.41) is 11.9. The molecule has 0 fully saturated rings. The lowest BCUT2D eigenvalue weighted by atomic mass is 10.0. The fraction of sp³-hybridized carbons (Fsp3) is 0.294. The van der Waals surface area contributed by atoms with Crippen molar-refractivity contribution in [2.75, 3.05) is 17.7 Å². The average Bonchev–Trinajstić information content (AvgIpc) is 2.61. The largest absolute Gasteiger partial charge is 0.312 e. The molecule has 1 aliphatic rings. The molecule has 0 unspecified atom stereocenters. The highest BCUT2D eigenvalue weighted by Crippen LogP contribution is 2.43. The predicted molar refractivity (Wildman–Crippen MR) is 106 cm³/mol. The van der Waals surface area contributed by atoms with Crippen LogP contribution in [0.3, 0.4) is 0 Å². The summed E-state index contributed by atoms with van der Waals surface area (Å²) in [6, 6.07) is 3.50. The van der Waals surface area contributed by atoms with Gasteiger partial charge in [-0.3, -0.25) is 15.1 Å². The van der Waals surface area contributed by atoms with Crippen LogP contribution in [0.25, 0.3) is 6.08 Å². The summed E-state index contributed by atoms with van der Waals surface area (Å²) in [5.74, 6) is 0.670. The second-order valence-corrected chi connectivity index (χ2v) is 7.67. The van der Waals surface area contributed by atoms with Crippen LogP contribution in [0.1, 0.15) is 31.0 Å². The first-order valence-electron chi connectivity index (χ1n) is 7.85. The minimum absolute atomic E-state index is 0.0586. The summed E-state index contributed by atoms with van der Waals surface area (Å²) in [7, 11) is 0. The van der Waals surface area contributed by atoms with Gasteiger partial charge < -0.3 is 4.90 Å². The number of rotatable bonds is 4. The van der Waals surface area contributed by atoms with Crippen LogP contribution < -0.4 is 4.90 Å². The van der Waals surface area contributed by atoms with Crippen molar-refractivity contribution in [1.29, 1.82) is 0 Å². The Hall–Kier alpha value is -1.83. The quantitative estimate of drug-likeness (QED) is 0.290. The molecule has 9 heteroatoms. The molecule has 0 aromatic carbocycles. The first-order valence-corrected chi connectivity index (χ1v) is 9.83. The van der Waals surface area contributed by atoms with E-state index in [4.69, 9.17) is 23.2 Å². The Kier molecular flexibility index (Phi) is 5.41. The van der Waals surface area contributed by atoms with Crippen molar-refractivity contribution >= 4 is 52.5 Å². The zero-order valence-corrected chi connectivity index (χ0v) is 16.7. The molecule has 0 atom stereocenters. The fourth-order valence-corrected chi connectivity index (χ4v) is 3.76. The van der Waals surface area contributed by atoms with Crippen molar-refractivity contribution in [3.63, 3.8) is 0 Å². The minimum atomic E-state index is -0.386. The monoisotopic (exact) mass is 410 g/mol. The number of pyridine rings is 2. The van der Waals surface area contributed by atoms with Gasteiger partial charge in [0.1, 0.15) is 17.5 Å². The standard InChI is InChI=1S/C17H16Cl2N4O2S/c1-9(2)14-15(13(26-3)4-5-20-14)22-8-11(23(24)25)6-10-7-12(18)16(19)21-17(10)22/h4-7,9H,8H2,1-3H3. The van der Waals surface area contributed by atoms with Crippen LogP contribution in [0.2, 0.25) is 10.2 Å². The molecular weight excluding hydrogens is 395 g/mol. The molecule has 136 valence electrons. The van der Waals surface area contributed by atoms with E-state index < -0.39 is 0 Å². The number of aromatic nitrogens is 2. The maximum Gasteiger partial charge on any atom is 0.266 e. The smallest absolute Gasteiger partial charge is 0.266 e. The lowest BCUT2D eigenvalue weighted by Crippen LogP contribution is -2.29. The van der Waals surface area contributed by atoms with Gasteiger partial charge in [0.15, 0.2) is 0 Å². The summed E-state index contributed by atoms with van der Waals surface area (Å²) in [6.07, 6.45) is 5.20. The van der Waals surface area contributed by atoms with Gasteiger partial charge in [-0.25, -0.2) is 4.98 Å². The number of fused-ring (bicyclic) bond motifs is 1. The van der Waals surface area contributed by atoms with Gasteiger partial charge in [-0.05, 0) is 24.3 Å². The zero-order valence-electron chi connectivity index (χ0n) is 14.4. The molecule has 3 rings (SSSR count). The van der Waals surface area contributed by atoms with E-state index in [2.05, 4.69) is 9.97 Å². The maximum atomic E-state index is 11.5. The molecule has 6 nitrogen and oxygen atoms in total. The van der Waals surface area contributed by atoms with Crippen molar-refractivity contribution in [1.82, 2.24) is 9.97 Å². The van der Waals surface area contributed by atoms with Crippen LogP contribution in [-0.4, -0.2) is 27.7 Å². The van der Waals surface area contributed by atoms with Gasteiger partial charge in [0.2, 0.25) is 0 Å². The zero-order chi connectivity index (χ0) is 19.0. The van der Waals surface area contributed by atoms with Gasteiger partial charge in [-0.15, -0.1) is 11.8 Å². The molecule has 26 heavy (non-hydrogen) atoms. The third kappa shape index (κ3) is 3.39. The molecule has 0 spiro atoms. The number of thioether (sulfide) groups is 1. The lowest BCUT2D eigenvalue weighted by molar-refractivity contribution is -0.423. The third-order valence-corrected chi connectivity index (χ3v) is 5.47. The van der Waals surface area contributed by atoms with E-state index >= 15 is 0 Å². The Bertz CT molecular complexity index is 918. The van der Waals surface area contributed by atoms with Gasteiger partial charge in [0.25, 0.3) is 5.70 Å². The number of nitrogens with zero attached hydrogens (tertiary/aromatic N) is 4. The van der Waals surface area contributed by atoms with Crippen molar-refractivity contribution in [3.8, 4) is 0 Å². The summed E-state index contributed by atoms with van der Waals surface area (Å²) in [6.45, 7) is 4.14. The molecular formula is C17H16Cl2N4O2S. The van der Waals surface area contributed by atoms with Crippen LogP contribution in [0.5, 0.6) is 0 Å². The van der Waals surface area contributed by atoms with E-state index in [0.717, 1.165) is 16.3 Å². The van der Waals surface area contributed by atoms with E-state index in [-0.39, 0.29) is 33.3 Å². The SMILES string of the molecule is CSc1ccnc(C(C)C)c1N1CC([N+](=O)[O-])=Cc2cc(Cl)c(Cl)nc21.